The van der Waals surface area contributed by atoms with Gasteiger partial charge in [-0.1, -0.05) is 6.07 Å². The van der Waals surface area contributed by atoms with Crippen LogP contribution in [0.5, 0.6) is 23.0 Å². The van der Waals surface area contributed by atoms with Crippen molar-refractivity contribution in [3.8, 4) is 23.0 Å². The first-order valence-corrected chi connectivity index (χ1v) is 11.9. The average molecular weight is 503 g/mol. The first-order valence-electron chi connectivity index (χ1n) is 11.9. The molecule has 1 amide bonds. The number of methoxy groups -OCH3 is 1. The van der Waals surface area contributed by atoms with Crippen LogP contribution in [-0.4, -0.2) is 53.6 Å². The lowest BCUT2D eigenvalue weighted by Gasteiger charge is -2.26. The summed E-state index contributed by atoms with van der Waals surface area (Å²) in [5.74, 6) is 0.202. The fourth-order valence-corrected chi connectivity index (χ4v) is 4.55. The Bertz CT molecular complexity index is 1370. The lowest BCUT2D eigenvalue weighted by molar-refractivity contribution is -0.140. The van der Waals surface area contributed by atoms with Crippen LogP contribution in [-0.2, 0) is 16.1 Å². The SMILES string of the molecule is CCOc1ccc(C2C(=C(O)c3ccc4c(c3)OCCO4)C(=O)C(=O)N2Cc2ccncc2)cc1OC. The number of fused-ring (bicyclic) bond motifs is 1. The van der Waals surface area contributed by atoms with Crippen LogP contribution in [0.15, 0.2) is 66.5 Å². The molecule has 9 nitrogen and oxygen atoms in total. The number of carbonyl (C=O) groups is 2. The maximum atomic E-state index is 13.4. The van der Waals surface area contributed by atoms with E-state index in [0.717, 1.165) is 5.56 Å². The number of hydrogen-bond acceptors (Lipinski definition) is 8. The zero-order valence-corrected chi connectivity index (χ0v) is 20.5. The van der Waals surface area contributed by atoms with Crippen LogP contribution >= 0.6 is 0 Å². The topological polar surface area (TPSA) is 107 Å². The van der Waals surface area contributed by atoms with Gasteiger partial charge in [-0.25, -0.2) is 0 Å². The molecule has 0 bridgehead atoms. The molecular weight excluding hydrogens is 476 g/mol. The lowest BCUT2D eigenvalue weighted by Crippen LogP contribution is -2.29. The van der Waals surface area contributed by atoms with Gasteiger partial charge in [0.1, 0.15) is 19.0 Å². The second-order valence-corrected chi connectivity index (χ2v) is 8.48. The maximum Gasteiger partial charge on any atom is 0.295 e. The van der Waals surface area contributed by atoms with Crippen LogP contribution in [0.25, 0.3) is 5.76 Å². The van der Waals surface area contributed by atoms with Crippen molar-refractivity contribution >= 4 is 17.4 Å². The van der Waals surface area contributed by atoms with Gasteiger partial charge in [-0.15, -0.1) is 0 Å². The highest BCUT2D eigenvalue weighted by Crippen LogP contribution is 2.43. The van der Waals surface area contributed by atoms with E-state index in [1.54, 1.807) is 60.9 Å². The predicted octanol–water partition coefficient (Wildman–Crippen LogP) is 3.88. The Balaban J connectivity index is 1.65. The molecule has 1 unspecified atom stereocenters. The van der Waals surface area contributed by atoms with E-state index in [1.807, 2.05) is 6.92 Å². The third kappa shape index (κ3) is 4.55. The fourth-order valence-electron chi connectivity index (χ4n) is 4.55. The normalized spacial score (nSPS) is 18.1. The summed E-state index contributed by atoms with van der Waals surface area (Å²) < 4.78 is 22.4. The zero-order valence-electron chi connectivity index (χ0n) is 20.5. The Morgan fingerprint density at radius 3 is 2.51 bits per heavy atom. The van der Waals surface area contributed by atoms with Gasteiger partial charge < -0.3 is 29.0 Å². The van der Waals surface area contributed by atoms with E-state index in [9.17, 15) is 14.7 Å². The quantitative estimate of drug-likeness (QED) is 0.295. The molecule has 2 aliphatic heterocycles. The zero-order chi connectivity index (χ0) is 25.9. The molecule has 9 heteroatoms. The lowest BCUT2D eigenvalue weighted by atomic mass is 9.94. The van der Waals surface area contributed by atoms with E-state index in [0.29, 0.717) is 53.9 Å². The largest absolute Gasteiger partial charge is 0.507 e. The van der Waals surface area contributed by atoms with Gasteiger partial charge in [0.15, 0.2) is 23.0 Å². The summed E-state index contributed by atoms with van der Waals surface area (Å²) >= 11 is 0. The predicted molar refractivity (Wildman–Crippen MR) is 134 cm³/mol. The van der Waals surface area contributed by atoms with Gasteiger partial charge in [0, 0.05) is 24.5 Å². The Morgan fingerprint density at radius 2 is 1.78 bits per heavy atom. The molecule has 0 radical (unpaired) electrons. The Hall–Kier alpha value is -4.53. The number of ether oxygens (including phenoxy) is 4. The summed E-state index contributed by atoms with van der Waals surface area (Å²) in [7, 11) is 1.52. The van der Waals surface area contributed by atoms with Crippen molar-refractivity contribution in [2.24, 2.45) is 0 Å². The molecule has 2 aliphatic rings. The van der Waals surface area contributed by atoms with Crippen LogP contribution in [0.4, 0.5) is 0 Å². The molecule has 0 aliphatic carbocycles. The highest BCUT2D eigenvalue weighted by atomic mass is 16.6. The van der Waals surface area contributed by atoms with Crippen molar-refractivity contribution in [2.75, 3.05) is 26.9 Å². The number of aromatic nitrogens is 1. The number of benzene rings is 2. The number of amides is 1. The number of aliphatic hydroxyl groups is 1. The molecule has 5 rings (SSSR count). The Kier molecular flexibility index (Phi) is 6.68. The highest BCUT2D eigenvalue weighted by molar-refractivity contribution is 6.46. The molecule has 3 aromatic rings. The summed E-state index contributed by atoms with van der Waals surface area (Å²) in [5, 5.41) is 11.4. The van der Waals surface area contributed by atoms with Gasteiger partial charge in [-0.05, 0) is 60.5 Å². The number of nitrogens with zero attached hydrogens (tertiary/aromatic N) is 2. The fraction of sp³-hybridized carbons (Fsp3) is 0.250. The van der Waals surface area contributed by atoms with Crippen molar-refractivity contribution in [3.63, 3.8) is 0 Å². The van der Waals surface area contributed by atoms with E-state index < -0.39 is 17.7 Å². The minimum atomic E-state index is -0.869. The minimum absolute atomic E-state index is 0.0260. The van der Waals surface area contributed by atoms with E-state index in [1.165, 1.54) is 12.0 Å². The molecular formula is C28H26N2O7. The van der Waals surface area contributed by atoms with Crippen molar-refractivity contribution in [2.45, 2.75) is 19.5 Å². The van der Waals surface area contributed by atoms with Crippen LogP contribution < -0.4 is 18.9 Å². The summed E-state index contributed by atoms with van der Waals surface area (Å²) in [6.45, 7) is 3.26. The number of aliphatic hydroxyl groups excluding tert-OH is 1. The molecule has 0 saturated carbocycles. The molecule has 1 saturated heterocycles. The van der Waals surface area contributed by atoms with Crippen LogP contribution in [0, 0.1) is 0 Å². The molecule has 190 valence electrons. The maximum absolute atomic E-state index is 13.4. The van der Waals surface area contributed by atoms with Crippen molar-refractivity contribution in [1.82, 2.24) is 9.88 Å². The van der Waals surface area contributed by atoms with Crippen LogP contribution in [0.1, 0.15) is 29.7 Å². The number of carbonyl (C=O) groups excluding carboxylic acids is 2. The summed E-state index contributed by atoms with van der Waals surface area (Å²) in [5.41, 5.74) is 1.70. The minimum Gasteiger partial charge on any atom is -0.507 e. The van der Waals surface area contributed by atoms with E-state index in [2.05, 4.69) is 4.98 Å². The first-order chi connectivity index (χ1) is 18.0. The summed E-state index contributed by atoms with van der Waals surface area (Å²) in [4.78, 5) is 32.2. The number of pyridine rings is 1. The second kappa shape index (κ2) is 10.2. The summed E-state index contributed by atoms with van der Waals surface area (Å²) in [6.07, 6.45) is 3.24. The van der Waals surface area contributed by atoms with Crippen molar-refractivity contribution in [1.29, 1.82) is 0 Å². The van der Waals surface area contributed by atoms with Crippen LogP contribution in [0.2, 0.25) is 0 Å². The monoisotopic (exact) mass is 502 g/mol. The van der Waals surface area contributed by atoms with Gasteiger partial charge in [0.05, 0.1) is 25.3 Å². The van der Waals surface area contributed by atoms with Gasteiger partial charge in [0.2, 0.25) is 0 Å². The first kappa shape index (κ1) is 24.2. The Morgan fingerprint density at radius 1 is 1.03 bits per heavy atom. The smallest absolute Gasteiger partial charge is 0.295 e. The van der Waals surface area contributed by atoms with Crippen LogP contribution in [0.3, 0.4) is 0 Å². The van der Waals surface area contributed by atoms with E-state index >= 15 is 0 Å². The highest BCUT2D eigenvalue weighted by Gasteiger charge is 2.46. The molecule has 1 N–H and O–H groups in total. The van der Waals surface area contributed by atoms with Gasteiger partial charge in [-0.3, -0.25) is 14.6 Å². The molecule has 1 atom stereocenters. The third-order valence-corrected chi connectivity index (χ3v) is 6.26. The van der Waals surface area contributed by atoms with Gasteiger partial charge in [-0.2, -0.15) is 0 Å². The standard InChI is InChI=1S/C28H26N2O7/c1-3-35-20-6-4-18(14-22(20)34-2)25-24(26(31)19-5-7-21-23(15-19)37-13-12-36-21)27(32)28(33)30(25)16-17-8-10-29-11-9-17/h4-11,14-15,25,31H,3,12-13,16H2,1-2H3. The van der Waals surface area contributed by atoms with E-state index in [-0.39, 0.29) is 17.9 Å². The number of ketones is 1. The molecule has 1 aromatic heterocycles. The number of likely N-dealkylation sites (tertiary alicyclic amines) is 1. The molecule has 1 fully saturated rings. The number of Topliss-reactive ketones (excluding diaryl/α,β-unsaturated/α-hetero) is 1. The van der Waals surface area contributed by atoms with Crippen molar-refractivity contribution < 1.29 is 33.6 Å². The number of hydrogen-bond donors (Lipinski definition) is 1. The molecule has 3 heterocycles. The van der Waals surface area contributed by atoms with Gasteiger partial charge >= 0.3 is 0 Å². The molecule has 37 heavy (non-hydrogen) atoms. The summed E-state index contributed by atoms with van der Waals surface area (Å²) in [6, 6.07) is 12.8. The Labute approximate surface area is 213 Å². The number of rotatable bonds is 7. The third-order valence-electron chi connectivity index (χ3n) is 6.26. The second-order valence-electron chi connectivity index (χ2n) is 8.48. The average Bonchev–Trinajstić information content (AvgIpc) is 3.18. The van der Waals surface area contributed by atoms with Crippen molar-refractivity contribution in [3.05, 3.63) is 83.2 Å². The van der Waals surface area contributed by atoms with E-state index in [4.69, 9.17) is 18.9 Å². The molecule has 0 spiro atoms. The molecule has 2 aromatic carbocycles. The van der Waals surface area contributed by atoms with Gasteiger partial charge in [0.25, 0.3) is 11.7 Å².